The molecule has 0 bridgehead atoms. The minimum Gasteiger partial charge on any atom is -0.187 e. The van der Waals surface area contributed by atoms with Gasteiger partial charge in [0, 0.05) is 5.56 Å². The number of hydrogen-bond acceptors (Lipinski definition) is 0. The van der Waals surface area contributed by atoms with Crippen LogP contribution in [0.25, 0.3) is 0 Å². The van der Waals surface area contributed by atoms with Crippen LogP contribution in [0.2, 0.25) is 0 Å². The zero-order valence-corrected chi connectivity index (χ0v) is 8.30. The van der Waals surface area contributed by atoms with Gasteiger partial charge >= 0.3 is 0 Å². The second kappa shape index (κ2) is 4.94. The summed E-state index contributed by atoms with van der Waals surface area (Å²) in [7, 11) is 0. The van der Waals surface area contributed by atoms with Gasteiger partial charge in [-0.25, -0.2) is 0 Å². The van der Waals surface area contributed by atoms with Crippen LogP contribution in [0.5, 0.6) is 0 Å². The van der Waals surface area contributed by atoms with E-state index in [4.69, 9.17) is 0 Å². The lowest BCUT2D eigenvalue weighted by Crippen LogP contribution is -1.87. The second-order valence-corrected chi connectivity index (χ2v) is 3.15. The Morgan fingerprint density at radius 1 is 0.800 bits per heavy atom. The maximum atomic E-state index is 4.14. The number of hydrogen-bond donors (Lipinski definition) is 0. The molecule has 1 heteroatoms. The van der Waals surface area contributed by atoms with Crippen LogP contribution in [0, 0.1) is 0 Å². The fourth-order valence-corrected chi connectivity index (χ4v) is 1.23. The number of benzene rings is 2. The third-order valence-corrected chi connectivity index (χ3v) is 1.98. The Hall–Kier alpha value is -2.11. The van der Waals surface area contributed by atoms with Crippen molar-refractivity contribution in [2.24, 2.45) is 0 Å². The van der Waals surface area contributed by atoms with Gasteiger partial charge in [0.15, 0.2) is 0 Å². The quantitative estimate of drug-likeness (QED) is 0.394. The van der Waals surface area contributed by atoms with Crippen LogP contribution in [-0.4, -0.2) is 12.4 Å². The summed E-state index contributed by atoms with van der Waals surface area (Å²) in [6, 6.07) is 19.9. The Labute approximate surface area is 89.5 Å². The molecule has 2 aromatic rings. The smallest absolute Gasteiger partial charge is 0.187 e. The van der Waals surface area contributed by atoms with E-state index in [-0.39, 0.29) is 0 Å². The van der Waals surface area contributed by atoms with Crippen molar-refractivity contribution in [2.75, 3.05) is 0 Å². The minimum absolute atomic E-state index is 0.990. The van der Waals surface area contributed by atoms with Crippen LogP contribution < -0.4 is 4.67 Å². The lowest BCUT2D eigenvalue weighted by molar-refractivity contribution is 1.60. The van der Waals surface area contributed by atoms with Gasteiger partial charge in [0.1, 0.15) is 0 Å². The van der Waals surface area contributed by atoms with Gasteiger partial charge in [-0.15, -0.1) is 24.3 Å². The highest BCUT2D eigenvalue weighted by atomic mass is 14.5. The molecule has 0 atom stereocenters. The molecule has 2 aromatic carbocycles. The molecule has 2 rings (SSSR count). The minimum atomic E-state index is 0.990. The van der Waals surface area contributed by atoms with E-state index in [1.165, 1.54) is 0 Å². The van der Waals surface area contributed by atoms with Gasteiger partial charge in [0.25, 0.3) is 6.21 Å². The van der Waals surface area contributed by atoms with Gasteiger partial charge in [0.2, 0.25) is 6.21 Å². The number of rotatable bonds is 2. The first kappa shape index (κ1) is 9.45. The van der Waals surface area contributed by atoms with Crippen LogP contribution in [0.3, 0.4) is 0 Å². The molecule has 1 nitrogen and oxygen atoms in total. The van der Waals surface area contributed by atoms with Crippen molar-refractivity contribution in [1.82, 2.24) is 4.67 Å². The molecule has 0 radical (unpaired) electrons. The third-order valence-electron chi connectivity index (χ3n) is 1.98. The molecule has 15 heavy (non-hydrogen) atoms. The Bertz CT molecular complexity index is 422. The molecule has 0 heterocycles. The molecule has 0 saturated carbocycles. The van der Waals surface area contributed by atoms with Gasteiger partial charge in [-0.1, -0.05) is 42.0 Å². The fraction of sp³-hybridized carbons (Fsp3) is 0. The topological polar surface area (TPSA) is 14.1 Å². The summed E-state index contributed by atoms with van der Waals surface area (Å²) in [5.41, 5.74) is 2.07. The highest BCUT2D eigenvalue weighted by molar-refractivity contribution is 5.86. The second-order valence-electron chi connectivity index (χ2n) is 3.15. The maximum Gasteiger partial charge on any atom is 0.290 e. The van der Waals surface area contributed by atoms with Crippen molar-refractivity contribution in [3.05, 3.63) is 71.8 Å². The van der Waals surface area contributed by atoms with Crippen molar-refractivity contribution in [3.63, 3.8) is 0 Å². The molecule has 0 aliphatic heterocycles. The molecular weight excluding hydrogens is 182 g/mol. The molecule has 0 N–H and O–H groups in total. The maximum absolute atomic E-state index is 4.14. The van der Waals surface area contributed by atoms with Crippen LogP contribution in [-0.2, 0) is 0 Å². The molecule has 0 spiro atoms. The van der Waals surface area contributed by atoms with Gasteiger partial charge in [-0.3, -0.25) is 0 Å². The molecule has 0 unspecified atom stereocenters. The molecule has 72 valence electrons. The number of nitrogens with zero attached hydrogens (tertiary/aromatic N) is 1. The Morgan fingerprint density at radius 3 is 2.07 bits per heavy atom. The van der Waals surface area contributed by atoms with E-state index in [1.807, 2.05) is 60.7 Å². The van der Waals surface area contributed by atoms with Crippen molar-refractivity contribution in [2.45, 2.75) is 0 Å². The predicted molar refractivity (Wildman–Crippen MR) is 64.3 cm³/mol. The van der Waals surface area contributed by atoms with Gasteiger partial charge < -0.3 is 0 Å². The third kappa shape index (κ3) is 2.94. The van der Waals surface area contributed by atoms with E-state index >= 15 is 0 Å². The highest BCUT2D eigenvalue weighted by Crippen LogP contribution is 1.93. The Morgan fingerprint density at radius 2 is 1.40 bits per heavy atom. The summed E-state index contributed by atoms with van der Waals surface area (Å²) in [6.07, 6.45) is 4.76. The monoisotopic (exact) mass is 193 g/mol. The van der Waals surface area contributed by atoms with Crippen molar-refractivity contribution >= 4 is 12.4 Å². The molecule has 0 aromatic heterocycles. The average molecular weight is 193 g/mol. The molecule has 0 aliphatic carbocycles. The van der Waals surface area contributed by atoms with Crippen LogP contribution >= 0.6 is 0 Å². The zero-order valence-electron chi connectivity index (χ0n) is 8.30. The van der Waals surface area contributed by atoms with E-state index in [9.17, 15) is 0 Å². The zero-order chi connectivity index (χ0) is 10.3. The van der Waals surface area contributed by atoms with Crippen LogP contribution in [0.1, 0.15) is 11.1 Å². The summed E-state index contributed by atoms with van der Waals surface area (Å²) in [6.45, 7) is 0. The Kier molecular flexibility index (Phi) is 3.11. The van der Waals surface area contributed by atoms with E-state index in [1.54, 1.807) is 6.21 Å². The predicted octanol–water partition coefficient (Wildman–Crippen LogP) is 2.17. The lowest BCUT2D eigenvalue weighted by Gasteiger charge is -1.87. The average Bonchev–Trinajstić information content (AvgIpc) is 2.32. The van der Waals surface area contributed by atoms with Gasteiger partial charge in [0.05, 0.1) is 0 Å². The lowest BCUT2D eigenvalue weighted by atomic mass is 10.2. The molecule has 0 amide bonds. The standard InChI is InChI=1S/C14H11N/c1-3-7-13(8-4-1)11-15-12-14-9-5-2-6-10-14/h1-11H. The summed E-state index contributed by atoms with van der Waals surface area (Å²) < 4.78 is 4.14. The van der Waals surface area contributed by atoms with Gasteiger partial charge in [-0.2, -0.15) is 4.67 Å². The van der Waals surface area contributed by atoms with Crippen molar-refractivity contribution in [3.8, 4) is 0 Å². The molecule has 0 fully saturated rings. The molecule has 0 aliphatic rings. The van der Waals surface area contributed by atoms with E-state index in [0.29, 0.717) is 0 Å². The van der Waals surface area contributed by atoms with Crippen LogP contribution in [0.15, 0.2) is 60.7 Å². The van der Waals surface area contributed by atoms with E-state index < -0.39 is 0 Å². The first-order chi connectivity index (χ1) is 7.45. The normalized spacial score (nSPS) is 9.07. The first-order valence-electron chi connectivity index (χ1n) is 4.84. The van der Waals surface area contributed by atoms with Crippen LogP contribution in [0.4, 0.5) is 0 Å². The first-order valence-corrected chi connectivity index (χ1v) is 4.84. The summed E-state index contributed by atoms with van der Waals surface area (Å²) in [5, 5.41) is 0. The van der Waals surface area contributed by atoms with Crippen molar-refractivity contribution in [1.29, 1.82) is 0 Å². The summed E-state index contributed by atoms with van der Waals surface area (Å²) in [5.74, 6) is 0. The van der Waals surface area contributed by atoms with E-state index in [0.717, 1.165) is 11.1 Å². The van der Waals surface area contributed by atoms with Gasteiger partial charge in [-0.05, 0) is 0 Å². The summed E-state index contributed by atoms with van der Waals surface area (Å²) in [4.78, 5) is 0. The van der Waals surface area contributed by atoms with Crippen molar-refractivity contribution < 1.29 is 0 Å². The highest BCUT2D eigenvalue weighted by Gasteiger charge is 1.86. The molecule has 0 saturated heterocycles. The fourth-order valence-electron chi connectivity index (χ4n) is 1.23. The SMILES string of the molecule is [C-](=[N+]=Cc1ccccc1)c1ccccc1. The summed E-state index contributed by atoms with van der Waals surface area (Å²) >= 11 is 0. The largest absolute Gasteiger partial charge is 0.290 e. The van der Waals surface area contributed by atoms with E-state index in [2.05, 4.69) is 10.9 Å². The Balaban J connectivity index is 2.16. The molecular formula is C14H11N.